The fraction of sp³-hybridized carbons (Fsp3) is 1.00. The van der Waals surface area contributed by atoms with Gasteiger partial charge in [-0.2, -0.15) is 0 Å². The minimum absolute atomic E-state index is 0.820. The SMILES string of the molecule is CCC(C)C[C@@H](CCN)CC(C)C. The van der Waals surface area contributed by atoms with Gasteiger partial charge in [0.1, 0.15) is 0 Å². The molecule has 0 saturated heterocycles. The van der Waals surface area contributed by atoms with E-state index in [0.717, 1.165) is 24.3 Å². The molecule has 0 spiro atoms. The maximum atomic E-state index is 5.62. The maximum absolute atomic E-state index is 5.62. The Morgan fingerprint density at radius 3 is 2.08 bits per heavy atom. The Morgan fingerprint density at radius 1 is 1.08 bits per heavy atom. The lowest BCUT2D eigenvalue weighted by Crippen LogP contribution is -2.14. The topological polar surface area (TPSA) is 26.0 Å². The molecule has 80 valence electrons. The summed E-state index contributed by atoms with van der Waals surface area (Å²) in [6, 6.07) is 0. The van der Waals surface area contributed by atoms with Crippen LogP contribution in [0.25, 0.3) is 0 Å². The summed E-state index contributed by atoms with van der Waals surface area (Å²) in [5.74, 6) is 2.55. The molecule has 0 saturated carbocycles. The molecule has 0 aliphatic rings. The Kier molecular flexibility index (Phi) is 7.35. The number of rotatable bonds is 7. The van der Waals surface area contributed by atoms with Crippen molar-refractivity contribution in [3.05, 3.63) is 0 Å². The first kappa shape index (κ1) is 13.0. The summed E-state index contributed by atoms with van der Waals surface area (Å²) in [5.41, 5.74) is 5.62. The Hall–Kier alpha value is -0.0400. The van der Waals surface area contributed by atoms with Crippen LogP contribution in [-0.2, 0) is 0 Å². The molecular formula is C12H27N. The molecule has 0 fully saturated rings. The highest BCUT2D eigenvalue weighted by atomic mass is 14.5. The molecule has 0 radical (unpaired) electrons. The van der Waals surface area contributed by atoms with E-state index in [1.165, 1.54) is 25.7 Å². The smallest absolute Gasteiger partial charge is 0.00746 e. The predicted octanol–water partition coefficient (Wildman–Crippen LogP) is 3.43. The lowest BCUT2D eigenvalue weighted by atomic mass is 9.86. The first-order valence-corrected chi connectivity index (χ1v) is 5.80. The third-order valence-electron chi connectivity index (χ3n) is 2.81. The lowest BCUT2D eigenvalue weighted by Gasteiger charge is -2.21. The Labute approximate surface area is 84.1 Å². The molecule has 0 aliphatic carbocycles. The van der Waals surface area contributed by atoms with Crippen LogP contribution >= 0.6 is 0 Å². The van der Waals surface area contributed by atoms with Crippen LogP contribution in [0.2, 0.25) is 0 Å². The zero-order valence-corrected chi connectivity index (χ0v) is 9.84. The van der Waals surface area contributed by atoms with E-state index in [1.54, 1.807) is 0 Å². The van der Waals surface area contributed by atoms with Crippen molar-refractivity contribution in [2.24, 2.45) is 23.5 Å². The van der Waals surface area contributed by atoms with E-state index in [-0.39, 0.29) is 0 Å². The number of nitrogens with two attached hydrogens (primary N) is 1. The van der Waals surface area contributed by atoms with Crippen molar-refractivity contribution in [3.8, 4) is 0 Å². The quantitative estimate of drug-likeness (QED) is 0.646. The Balaban J connectivity index is 3.78. The molecule has 13 heavy (non-hydrogen) atoms. The highest BCUT2D eigenvalue weighted by molar-refractivity contribution is 4.65. The standard InChI is InChI=1S/C12H27N/c1-5-11(4)9-12(6-7-13)8-10(2)3/h10-12H,5-9,13H2,1-4H3/t11?,12-/m0/s1. The molecule has 2 atom stereocenters. The van der Waals surface area contributed by atoms with Gasteiger partial charge < -0.3 is 5.73 Å². The van der Waals surface area contributed by atoms with Gasteiger partial charge in [-0.1, -0.05) is 34.1 Å². The molecule has 0 aromatic carbocycles. The van der Waals surface area contributed by atoms with Crippen LogP contribution in [0.3, 0.4) is 0 Å². The molecule has 1 heteroatoms. The Bertz CT molecular complexity index is 110. The average Bonchev–Trinajstić information content (AvgIpc) is 2.03. The maximum Gasteiger partial charge on any atom is -0.00746 e. The highest BCUT2D eigenvalue weighted by Crippen LogP contribution is 2.24. The van der Waals surface area contributed by atoms with E-state index < -0.39 is 0 Å². The van der Waals surface area contributed by atoms with E-state index >= 15 is 0 Å². The zero-order chi connectivity index (χ0) is 10.3. The van der Waals surface area contributed by atoms with Gasteiger partial charge in [-0.3, -0.25) is 0 Å². The van der Waals surface area contributed by atoms with Crippen molar-refractivity contribution in [1.29, 1.82) is 0 Å². The van der Waals surface area contributed by atoms with Gasteiger partial charge >= 0.3 is 0 Å². The summed E-state index contributed by atoms with van der Waals surface area (Å²) in [5, 5.41) is 0. The van der Waals surface area contributed by atoms with E-state index in [1.807, 2.05) is 0 Å². The molecule has 1 nitrogen and oxygen atoms in total. The predicted molar refractivity (Wildman–Crippen MR) is 60.7 cm³/mol. The first-order valence-electron chi connectivity index (χ1n) is 5.80. The highest BCUT2D eigenvalue weighted by Gasteiger charge is 2.12. The van der Waals surface area contributed by atoms with Crippen LogP contribution < -0.4 is 5.73 Å². The Morgan fingerprint density at radius 2 is 1.69 bits per heavy atom. The molecular weight excluding hydrogens is 158 g/mol. The summed E-state index contributed by atoms with van der Waals surface area (Å²) in [6.45, 7) is 10.1. The van der Waals surface area contributed by atoms with Gasteiger partial charge in [-0.25, -0.2) is 0 Å². The van der Waals surface area contributed by atoms with Gasteiger partial charge in [0.15, 0.2) is 0 Å². The number of hydrogen-bond acceptors (Lipinski definition) is 1. The fourth-order valence-corrected chi connectivity index (χ4v) is 1.97. The molecule has 0 aromatic rings. The summed E-state index contributed by atoms with van der Waals surface area (Å²) in [4.78, 5) is 0. The van der Waals surface area contributed by atoms with E-state index in [2.05, 4.69) is 27.7 Å². The van der Waals surface area contributed by atoms with E-state index in [0.29, 0.717) is 0 Å². The van der Waals surface area contributed by atoms with Crippen LogP contribution in [0.5, 0.6) is 0 Å². The molecule has 1 unspecified atom stereocenters. The number of hydrogen-bond donors (Lipinski definition) is 1. The molecule has 0 aliphatic heterocycles. The zero-order valence-electron chi connectivity index (χ0n) is 9.84. The minimum Gasteiger partial charge on any atom is -0.330 e. The van der Waals surface area contributed by atoms with Gasteiger partial charge in [0.2, 0.25) is 0 Å². The van der Waals surface area contributed by atoms with Crippen LogP contribution in [0.1, 0.15) is 53.4 Å². The summed E-state index contributed by atoms with van der Waals surface area (Å²) < 4.78 is 0. The van der Waals surface area contributed by atoms with Crippen LogP contribution in [-0.4, -0.2) is 6.54 Å². The van der Waals surface area contributed by atoms with Gasteiger partial charge in [-0.05, 0) is 43.6 Å². The molecule has 0 amide bonds. The fourth-order valence-electron chi connectivity index (χ4n) is 1.97. The summed E-state index contributed by atoms with van der Waals surface area (Å²) in [6.07, 6.45) is 5.23. The van der Waals surface area contributed by atoms with Crippen molar-refractivity contribution in [3.63, 3.8) is 0 Å². The van der Waals surface area contributed by atoms with Gasteiger partial charge in [0.25, 0.3) is 0 Å². The van der Waals surface area contributed by atoms with Crippen molar-refractivity contribution < 1.29 is 0 Å². The summed E-state index contributed by atoms with van der Waals surface area (Å²) in [7, 11) is 0. The molecule has 2 N–H and O–H groups in total. The molecule has 0 heterocycles. The monoisotopic (exact) mass is 185 g/mol. The minimum atomic E-state index is 0.820. The van der Waals surface area contributed by atoms with Gasteiger partial charge in [0.05, 0.1) is 0 Å². The van der Waals surface area contributed by atoms with Crippen LogP contribution in [0, 0.1) is 17.8 Å². The van der Waals surface area contributed by atoms with Crippen LogP contribution in [0.15, 0.2) is 0 Å². The van der Waals surface area contributed by atoms with Crippen molar-refractivity contribution >= 4 is 0 Å². The van der Waals surface area contributed by atoms with Gasteiger partial charge in [0, 0.05) is 0 Å². The molecule has 0 aromatic heterocycles. The third-order valence-corrected chi connectivity index (χ3v) is 2.81. The first-order chi connectivity index (χ1) is 6.10. The molecule has 0 rings (SSSR count). The van der Waals surface area contributed by atoms with E-state index in [9.17, 15) is 0 Å². The second-order valence-corrected chi connectivity index (χ2v) is 4.82. The normalized spacial score (nSPS) is 16.2. The van der Waals surface area contributed by atoms with Crippen LogP contribution in [0.4, 0.5) is 0 Å². The van der Waals surface area contributed by atoms with Crippen molar-refractivity contribution in [2.45, 2.75) is 53.4 Å². The molecule has 0 bridgehead atoms. The lowest BCUT2D eigenvalue weighted by molar-refractivity contribution is 0.314. The second-order valence-electron chi connectivity index (χ2n) is 4.82. The van der Waals surface area contributed by atoms with Crippen molar-refractivity contribution in [1.82, 2.24) is 0 Å². The summed E-state index contributed by atoms with van der Waals surface area (Å²) >= 11 is 0. The second kappa shape index (κ2) is 7.37. The average molecular weight is 185 g/mol. The van der Waals surface area contributed by atoms with Crippen molar-refractivity contribution in [2.75, 3.05) is 6.54 Å². The third kappa shape index (κ3) is 7.06. The largest absolute Gasteiger partial charge is 0.330 e. The van der Waals surface area contributed by atoms with E-state index in [4.69, 9.17) is 5.73 Å². The van der Waals surface area contributed by atoms with Gasteiger partial charge in [-0.15, -0.1) is 0 Å².